The van der Waals surface area contributed by atoms with Crippen LogP contribution in [0, 0.1) is 5.92 Å². The molecule has 1 aromatic heterocycles. The standard InChI is InChI=1S/C19H23N3O3/c1-13(2)10-21-17(23)15-9-16(18(24)20-3)19(25)22(12-15)11-14-7-5-4-6-8-14/h4-9,12-13H,10-11H2,1-3H3,(H,20,24)(H,21,23). The largest absolute Gasteiger partial charge is 0.355 e. The van der Waals surface area contributed by atoms with E-state index in [0.717, 1.165) is 5.56 Å². The predicted molar refractivity (Wildman–Crippen MR) is 96.8 cm³/mol. The maximum absolute atomic E-state index is 12.6. The number of benzene rings is 1. The van der Waals surface area contributed by atoms with Gasteiger partial charge in [-0.2, -0.15) is 0 Å². The number of hydrogen-bond donors (Lipinski definition) is 2. The molecule has 25 heavy (non-hydrogen) atoms. The number of nitrogens with zero attached hydrogens (tertiary/aromatic N) is 1. The van der Waals surface area contributed by atoms with E-state index in [1.165, 1.54) is 23.9 Å². The van der Waals surface area contributed by atoms with Crippen LogP contribution in [0.4, 0.5) is 0 Å². The fraction of sp³-hybridized carbons (Fsp3) is 0.316. The smallest absolute Gasteiger partial charge is 0.263 e. The van der Waals surface area contributed by atoms with Crippen molar-refractivity contribution in [2.75, 3.05) is 13.6 Å². The van der Waals surface area contributed by atoms with E-state index in [9.17, 15) is 14.4 Å². The lowest BCUT2D eigenvalue weighted by Gasteiger charge is -2.12. The molecule has 0 radical (unpaired) electrons. The average molecular weight is 341 g/mol. The van der Waals surface area contributed by atoms with Crippen LogP contribution in [-0.2, 0) is 6.54 Å². The van der Waals surface area contributed by atoms with E-state index in [4.69, 9.17) is 0 Å². The van der Waals surface area contributed by atoms with Gasteiger partial charge in [0.25, 0.3) is 17.4 Å². The minimum absolute atomic E-state index is 0.0457. The molecule has 0 unspecified atom stereocenters. The molecule has 0 aliphatic carbocycles. The zero-order valence-electron chi connectivity index (χ0n) is 14.7. The molecule has 0 fully saturated rings. The highest BCUT2D eigenvalue weighted by Crippen LogP contribution is 2.06. The van der Waals surface area contributed by atoms with E-state index < -0.39 is 11.5 Å². The first-order valence-electron chi connectivity index (χ1n) is 8.21. The molecule has 0 aliphatic heterocycles. The molecule has 0 aliphatic rings. The van der Waals surface area contributed by atoms with Gasteiger partial charge in [0, 0.05) is 19.8 Å². The quantitative estimate of drug-likeness (QED) is 0.838. The molecular weight excluding hydrogens is 318 g/mol. The van der Waals surface area contributed by atoms with E-state index in [1.54, 1.807) is 0 Å². The minimum Gasteiger partial charge on any atom is -0.355 e. The van der Waals surface area contributed by atoms with Crippen molar-refractivity contribution in [3.63, 3.8) is 0 Å². The summed E-state index contributed by atoms with van der Waals surface area (Å²) in [5.74, 6) is -0.511. The van der Waals surface area contributed by atoms with Crippen molar-refractivity contribution >= 4 is 11.8 Å². The summed E-state index contributed by atoms with van der Waals surface area (Å²) in [5.41, 5.74) is 0.723. The molecule has 2 N–H and O–H groups in total. The van der Waals surface area contributed by atoms with Gasteiger partial charge in [-0.1, -0.05) is 44.2 Å². The van der Waals surface area contributed by atoms with Crippen molar-refractivity contribution in [2.45, 2.75) is 20.4 Å². The Bertz CT molecular complexity index is 810. The Labute approximate surface area is 146 Å². The molecule has 6 nitrogen and oxygen atoms in total. The van der Waals surface area contributed by atoms with Gasteiger partial charge in [0.15, 0.2) is 0 Å². The summed E-state index contributed by atoms with van der Waals surface area (Å²) in [4.78, 5) is 37.0. The SMILES string of the molecule is CNC(=O)c1cc(C(=O)NCC(C)C)cn(Cc2ccccc2)c1=O. The molecule has 0 bridgehead atoms. The number of amides is 2. The molecular formula is C19H23N3O3. The summed E-state index contributed by atoms with van der Waals surface area (Å²) in [5, 5.41) is 5.25. The highest BCUT2D eigenvalue weighted by atomic mass is 16.2. The Morgan fingerprint density at radius 2 is 1.80 bits per heavy atom. The van der Waals surface area contributed by atoms with Crippen LogP contribution in [-0.4, -0.2) is 30.0 Å². The fourth-order valence-electron chi connectivity index (χ4n) is 2.35. The Morgan fingerprint density at radius 3 is 2.40 bits per heavy atom. The van der Waals surface area contributed by atoms with Gasteiger partial charge in [-0.3, -0.25) is 14.4 Å². The van der Waals surface area contributed by atoms with Crippen LogP contribution < -0.4 is 16.2 Å². The molecule has 0 saturated carbocycles. The second-order valence-corrected chi connectivity index (χ2v) is 6.24. The topological polar surface area (TPSA) is 80.2 Å². The van der Waals surface area contributed by atoms with Gasteiger partial charge in [-0.25, -0.2) is 0 Å². The number of hydrogen-bond acceptors (Lipinski definition) is 3. The van der Waals surface area contributed by atoms with Crippen molar-refractivity contribution in [3.05, 3.63) is 69.6 Å². The number of rotatable bonds is 6. The number of nitrogens with one attached hydrogen (secondary N) is 2. The second-order valence-electron chi connectivity index (χ2n) is 6.24. The zero-order valence-corrected chi connectivity index (χ0v) is 14.7. The van der Waals surface area contributed by atoms with Crippen molar-refractivity contribution in [1.29, 1.82) is 0 Å². The lowest BCUT2D eigenvalue weighted by atomic mass is 10.1. The van der Waals surface area contributed by atoms with Crippen LogP contribution in [0.1, 0.15) is 40.1 Å². The lowest BCUT2D eigenvalue weighted by molar-refractivity contribution is 0.0948. The van der Waals surface area contributed by atoms with Gasteiger partial charge < -0.3 is 15.2 Å². The third-order valence-electron chi connectivity index (χ3n) is 3.69. The summed E-state index contributed by atoms with van der Waals surface area (Å²) in [6.07, 6.45) is 1.50. The van der Waals surface area contributed by atoms with Crippen LogP contribution in [0.3, 0.4) is 0 Å². The van der Waals surface area contributed by atoms with Gasteiger partial charge in [-0.15, -0.1) is 0 Å². The minimum atomic E-state index is -0.509. The third kappa shape index (κ3) is 4.79. The molecule has 132 valence electrons. The highest BCUT2D eigenvalue weighted by Gasteiger charge is 2.17. The summed E-state index contributed by atoms with van der Waals surface area (Å²) in [6.45, 7) is 4.79. The zero-order chi connectivity index (χ0) is 18.4. The second kappa shape index (κ2) is 8.28. The number of pyridine rings is 1. The first kappa shape index (κ1) is 18.4. The molecule has 6 heteroatoms. The molecule has 0 spiro atoms. The maximum atomic E-state index is 12.6. The van der Waals surface area contributed by atoms with E-state index >= 15 is 0 Å². The molecule has 1 aromatic carbocycles. The van der Waals surface area contributed by atoms with Crippen LogP contribution in [0.25, 0.3) is 0 Å². The number of carbonyl (C=O) groups is 2. The predicted octanol–water partition coefficient (Wildman–Crippen LogP) is 1.64. The summed E-state index contributed by atoms with van der Waals surface area (Å²) in [6, 6.07) is 10.8. The van der Waals surface area contributed by atoms with E-state index in [0.29, 0.717) is 12.5 Å². The highest BCUT2D eigenvalue weighted by molar-refractivity contribution is 5.99. The number of aromatic nitrogens is 1. The first-order chi connectivity index (χ1) is 11.9. The molecule has 2 amide bonds. The van der Waals surface area contributed by atoms with Crippen molar-refractivity contribution in [2.24, 2.45) is 5.92 Å². The van der Waals surface area contributed by atoms with Gasteiger partial charge in [0.05, 0.1) is 12.1 Å². The van der Waals surface area contributed by atoms with Crippen molar-refractivity contribution in [3.8, 4) is 0 Å². The summed E-state index contributed by atoms with van der Waals surface area (Å²) in [7, 11) is 1.45. The Kier molecular flexibility index (Phi) is 6.11. The van der Waals surface area contributed by atoms with Crippen LogP contribution in [0.5, 0.6) is 0 Å². The Hall–Kier alpha value is -2.89. The molecule has 1 heterocycles. The first-order valence-corrected chi connectivity index (χ1v) is 8.21. The van der Waals surface area contributed by atoms with Crippen LogP contribution in [0.15, 0.2) is 47.4 Å². The maximum Gasteiger partial charge on any atom is 0.263 e. The van der Waals surface area contributed by atoms with Gasteiger partial charge in [0.1, 0.15) is 5.56 Å². The van der Waals surface area contributed by atoms with E-state index in [-0.39, 0.29) is 23.6 Å². The van der Waals surface area contributed by atoms with Gasteiger partial charge in [0.2, 0.25) is 0 Å². The third-order valence-corrected chi connectivity index (χ3v) is 3.69. The monoisotopic (exact) mass is 341 g/mol. The lowest BCUT2D eigenvalue weighted by Crippen LogP contribution is -2.34. The molecule has 2 aromatic rings. The van der Waals surface area contributed by atoms with Crippen molar-refractivity contribution < 1.29 is 9.59 Å². The molecule has 0 saturated heterocycles. The Morgan fingerprint density at radius 1 is 1.12 bits per heavy atom. The van der Waals surface area contributed by atoms with Crippen LogP contribution in [0.2, 0.25) is 0 Å². The fourth-order valence-corrected chi connectivity index (χ4v) is 2.35. The Balaban J connectivity index is 2.43. The molecule has 0 atom stereocenters. The summed E-state index contributed by atoms with van der Waals surface area (Å²) < 4.78 is 1.39. The van der Waals surface area contributed by atoms with E-state index in [2.05, 4.69) is 10.6 Å². The van der Waals surface area contributed by atoms with Crippen molar-refractivity contribution in [1.82, 2.24) is 15.2 Å². The van der Waals surface area contributed by atoms with Crippen LogP contribution >= 0.6 is 0 Å². The van der Waals surface area contributed by atoms with E-state index in [1.807, 2.05) is 44.2 Å². The normalized spacial score (nSPS) is 10.6. The molecule has 2 rings (SSSR count). The summed E-state index contributed by atoms with van der Waals surface area (Å²) >= 11 is 0. The van der Waals surface area contributed by atoms with Gasteiger partial charge in [-0.05, 0) is 17.5 Å². The van der Waals surface area contributed by atoms with Gasteiger partial charge >= 0.3 is 0 Å². The number of carbonyl (C=O) groups excluding carboxylic acids is 2. The average Bonchev–Trinajstić information content (AvgIpc) is 2.61.